The van der Waals surface area contributed by atoms with E-state index in [1.54, 1.807) is 44.4 Å². The van der Waals surface area contributed by atoms with Gasteiger partial charge in [0.15, 0.2) is 0 Å². The number of hydrogen-bond acceptors (Lipinski definition) is 4. The van der Waals surface area contributed by atoms with E-state index in [1.165, 1.54) is 31.4 Å². The summed E-state index contributed by atoms with van der Waals surface area (Å²) in [5.74, 6) is -3.69. The molecule has 164 valence electrons. The van der Waals surface area contributed by atoms with E-state index in [9.17, 15) is 9.18 Å². The van der Waals surface area contributed by atoms with E-state index < -0.39 is 36.1 Å². The van der Waals surface area contributed by atoms with Crippen molar-refractivity contribution in [2.45, 2.75) is 64.3 Å². The second-order valence-corrected chi connectivity index (χ2v) is 8.68. The van der Waals surface area contributed by atoms with E-state index in [0.717, 1.165) is 0 Å². The zero-order chi connectivity index (χ0) is 22.0. The van der Waals surface area contributed by atoms with Crippen molar-refractivity contribution in [3.63, 3.8) is 0 Å². The number of rotatable bonds is 5. The summed E-state index contributed by atoms with van der Waals surface area (Å²) in [4.78, 5) is 15.8. The molecule has 1 aromatic rings. The van der Waals surface area contributed by atoms with Crippen LogP contribution in [-0.4, -0.2) is 66.3 Å². The van der Waals surface area contributed by atoms with Crippen molar-refractivity contribution < 1.29 is 27.4 Å². The summed E-state index contributed by atoms with van der Waals surface area (Å²) in [6.07, 6.45) is -0.460. The van der Waals surface area contributed by atoms with Crippen LogP contribution in [0.25, 0.3) is 0 Å². The molecule has 0 aromatic heterocycles. The van der Waals surface area contributed by atoms with Crippen molar-refractivity contribution in [1.29, 1.82) is 0 Å². The van der Waals surface area contributed by atoms with E-state index in [-0.39, 0.29) is 25.2 Å². The first kappa shape index (κ1) is 23.5. The molecule has 0 N–H and O–H groups in total. The molecular weight excluding hydrogens is 385 g/mol. The fourth-order valence-electron chi connectivity index (χ4n) is 3.68. The van der Waals surface area contributed by atoms with E-state index in [4.69, 9.17) is 9.47 Å². The number of amides is 1. The minimum absolute atomic E-state index is 0.224. The zero-order valence-electron chi connectivity index (χ0n) is 17.9. The van der Waals surface area contributed by atoms with Crippen LogP contribution >= 0.6 is 0 Å². The molecule has 1 unspecified atom stereocenters. The number of carbonyl (C=O) groups excluding carboxylic acids is 1. The average molecular weight is 416 g/mol. The van der Waals surface area contributed by atoms with Crippen molar-refractivity contribution in [2.75, 3.05) is 26.8 Å². The summed E-state index contributed by atoms with van der Waals surface area (Å²) in [6.45, 7) is 8.66. The Morgan fingerprint density at radius 3 is 2.24 bits per heavy atom. The Morgan fingerprint density at radius 2 is 1.72 bits per heavy atom. The molecular formula is C21H31F3N2O3. The van der Waals surface area contributed by atoms with Crippen LogP contribution in [0.15, 0.2) is 24.3 Å². The third-order valence-corrected chi connectivity index (χ3v) is 4.92. The molecule has 1 amide bonds. The molecule has 8 heteroatoms. The molecule has 1 fully saturated rings. The van der Waals surface area contributed by atoms with Crippen molar-refractivity contribution >= 4 is 6.09 Å². The van der Waals surface area contributed by atoms with Crippen LogP contribution in [0.5, 0.6) is 0 Å². The molecule has 5 nitrogen and oxygen atoms in total. The van der Waals surface area contributed by atoms with Gasteiger partial charge in [0, 0.05) is 32.3 Å². The molecule has 1 aliphatic heterocycles. The Labute approximate surface area is 170 Å². The van der Waals surface area contributed by atoms with E-state index in [0.29, 0.717) is 5.56 Å². The Bertz CT molecular complexity index is 691. The predicted molar refractivity (Wildman–Crippen MR) is 105 cm³/mol. The molecule has 0 radical (unpaired) electrons. The lowest BCUT2D eigenvalue weighted by molar-refractivity contribution is -0.143. The summed E-state index contributed by atoms with van der Waals surface area (Å²) in [5.41, 5.74) is -0.336. The minimum atomic E-state index is -3.20. The van der Waals surface area contributed by atoms with Gasteiger partial charge in [-0.05, 0) is 52.3 Å². The molecule has 0 bridgehead atoms. The highest BCUT2D eigenvalue weighted by Crippen LogP contribution is 2.39. The van der Waals surface area contributed by atoms with Crippen LogP contribution in [0.4, 0.5) is 18.0 Å². The monoisotopic (exact) mass is 416 g/mol. The number of benzene rings is 1. The van der Waals surface area contributed by atoms with Gasteiger partial charge in [-0.1, -0.05) is 12.1 Å². The summed E-state index contributed by atoms with van der Waals surface area (Å²) >= 11 is 0. The molecule has 3 atom stereocenters. The van der Waals surface area contributed by atoms with Gasteiger partial charge >= 0.3 is 6.09 Å². The summed E-state index contributed by atoms with van der Waals surface area (Å²) in [7, 11) is 1.22. The van der Waals surface area contributed by atoms with Crippen molar-refractivity contribution in [2.24, 2.45) is 0 Å². The van der Waals surface area contributed by atoms with E-state index in [1.807, 2.05) is 0 Å². The van der Waals surface area contributed by atoms with Gasteiger partial charge in [-0.25, -0.2) is 18.0 Å². The number of ether oxygens (including phenoxy) is 2. The highest BCUT2D eigenvalue weighted by atomic mass is 19.3. The van der Waals surface area contributed by atoms with Gasteiger partial charge in [0.1, 0.15) is 24.1 Å². The number of piperazine rings is 1. The summed E-state index contributed by atoms with van der Waals surface area (Å²) in [6, 6.07) is 3.11. The lowest BCUT2D eigenvalue weighted by atomic mass is 9.95. The first-order chi connectivity index (χ1) is 13.4. The first-order valence-electron chi connectivity index (χ1n) is 9.73. The maximum absolute atomic E-state index is 15.1. The molecule has 29 heavy (non-hydrogen) atoms. The third-order valence-electron chi connectivity index (χ3n) is 4.92. The SMILES string of the molecule is COCC(F)(F)C(c1ccc(F)cc1)N1C[C@H](C)N(C(=O)OC(C)(C)C)C[C@H]1C. The Kier molecular flexibility index (Phi) is 7.22. The van der Waals surface area contributed by atoms with Crippen molar-refractivity contribution in [1.82, 2.24) is 9.80 Å². The highest BCUT2D eigenvalue weighted by molar-refractivity contribution is 5.68. The first-order valence-corrected chi connectivity index (χ1v) is 9.73. The smallest absolute Gasteiger partial charge is 0.410 e. The number of hydrogen-bond donors (Lipinski definition) is 0. The Morgan fingerprint density at radius 1 is 1.14 bits per heavy atom. The largest absolute Gasteiger partial charge is 0.444 e. The molecule has 0 saturated carbocycles. The maximum atomic E-state index is 15.1. The van der Waals surface area contributed by atoms with Gasteiger partial charge in [0.25, 0.3) is 5.92 Å². The van der Waals surface area contributed by atoms with Gasteiger partial charge in [0.05, 0.1) is 0 Å². The zero-order valence-corrected chi connectivity index (χ0v) is 17.9. The Balaban J connectivity index is 2.31. The number of halogens is 3. The van der Waals surface area contributed by atoms with Crippen LogP contribution in [0.2, 0.25) is 0 Å². The summed E-state index contributed by atoms with van der Waals surface area (Å²) < 4.78 is 53.7. The fourth-order valence-corrected chi connectivity index (χ4v) is 3.68. The second-order valence-electron chi connectivity index (χ2n) is 8.68. The molecule has 1 aliphatic rings. The number of nitrogens with zero attached hydrogens (tertiary/aromatic N) is 2. The number of carbonyl (C=O) groups is 1. The predicted octanol–water partition coefficient (Wildman–Crippen LogP) is 4.48. The molecule has 1 aromatic carbocycles. The van der Waals surface area contributed by atoms with Gasteiger partial charge in [0.2, 0.25) is 0 Å². The fraction of sp³-hybridized carbons (Fsp3) is 0.667. The minimum Gasteiger partial charge on any atom is -0.444 e. The lowest BCUT2D eigenvalue weighted by Gasteiger charge is -2.48. The molecule has 0 aliphatic carbocycles. The summed E-state index contributed by atoms with van der Waals surface area (Å²) in [5, 5.41) is 0. The Hall–Kier alpha value is -1.80. The number of methoxy groups -OCH3 is 1. The van der Waals surface area contributed by atoms with Crippen LogP contribution in [-0.2, 0) is 9.47 Å². The average Bonchev–Trinajstić information content (AvgIpc) is 2.57. The van der Waals surface area contributed by atoms with Crippen molar-refractivity contribution in [3.05, 3.63) is 35.6 Å². The third kappa shape index (κ3) is 5.85. The van der Waals surface area contributed by atoms with Crippen LogP contribution in [0.3, 0.4) is 0 Å². The normalized spacial score (nSPS) is 22.4. The second kappa shape index (κ2) is 8.92. The molecule has 1 saturated heterocycles. The maximum Gasteiger partial charge on any atom is 0.410 e. The van der Waals surface area contributed by atoms with Crippen LogP contribution in [0.1, 0.15) is 46.2 Å². The lowest BCUT2D eigenvalue weighted by Crippen LogP contribution is -2.61. The molecule has 1 heterocycles. The van der Waals surface area contributed by atoms with Gasteiger partial charge in [-0.15, -0.1) is 0 Å². The molecule has 2 rings (SSSR count). The van der Waals surface area contributed by atoms with Crippen LogP contribution < -0.4 is 0 Å². The quantitative estimate of drug-likeness (QED) is 0.710. The van der Waals surface area contributed by atoms with Crippen LogP contribution in [0, 0.1) is 5.82 Å². The van der Waals surface area contributed by atoms with E-state index >= 15 is 8.78 Å². The molecule has 0 spiro atoms. The van der Waals surface area contributed by atoms with Gasteiger partial charge in [-0.2, -0.15) is 0 Å². The highest BCUT2D eigenvalue weighted by Gasteiger charge is 2.48. The number of alkyl halides is 2. The van der Waals surface area contributed by atoms with E-state index in [2.05, 4.69) is 0 Å². The standard InChI is InChI=1S/C21H31F3N2O3/c1-14-12-26(19(27)29-20(3,4)5)15(2)11-25(14)18(21(23,24)13-28-6)16-7-9-17(22)10-8-16/h7-10,14-15,18H,11-13H2,1-6H3/t14-,15+,18?/m1/s1. The van der Waals surface area contributed by atoms with Gasteiger partial charge < -0.3 is 14.4 Å². The van der Waals surface area contributed by atoms with Gasteiger partial charge in [-0.3, -0.25) is 4.90 Å². The van der Waals surface area contributed by atoms with Crippen molar-refractivity contribution in [3.8, 4) is 0 Å². The topological polar surface area (TPSA) is 42.0 Å².